The van der Waals surface area contributed by atoms with Crippen LogP contribution in [0.1, 0.15) is 13.8 Å². The molecule has 0 aliphatic rings. The number of nitrogens with one attached hydrogen (secondary N) is 2. The van der Waals surface area contributed by atoms with Crippen LogP contribution in [0.25, 0.3) is 0 Å². The van der Waals surface area contributed by atoms with Crippen molar-refractivity contribution in [3.63, 3.8) is 0 Å². The molecule has 76 valence electrons. The van der Waals surface area contributed by atoms with Crippen LogP contribution in [-0.4, -0.2) is 37.4 Å². The molecule has 0 heterocycles. The van der Waals surface area contributed by atoms with Crippen LogP contribution in [-0.2, 0) is 0 Å². The molecule has 0 aliphatic heterocycles. The first-order valence-corrected chi connectivity index (χ1v) is 4.07. The van der Waals surface area contributed by atoms with Crippen molar-refractivity contribution in [3.05, 3.63) is 0 Å². The van der Waals surface area contributed by atoms with Gasteiger partial charge in [-0.25, -0.2) is 4.79 Å². The van der Waals surface area contributed by atoms with E-state index in [1.807, 2.05) is 13.8 Å². The highest BCUT2D eigenvalue weighted by atomic mass is 16.2. The molecule has 0 aliphatic carbocycles. The number of carbonyl (C=O) groups is 1. The number of hydrogen-bond donors (Lipinski definition) is 3. The zero-order valence-electron chi connectivity index (χ0n) is 8.64. The summed E-state index contributed by atoms with van der Waals surface area (Å²) in [7, 11) is 3.33. The van der Waals surface area contributed by atoms with E-state index >= 15 is 0 Å². The number of rotatable bonds is 3. The van der Waals surface area contributed by atoms with Crippen LogP contribution < -0.4 is 11.1 Å². The smallest absolute Gasteiger partial charge is 0.316 e. The molecule has 0 rings (SSSR count). The van der Waals surface area contributed by atoms with Crippen LogP contribution in [0, 0.1) is 10.8 Å². The SMILES string of the molecule is CN(C)C(=O)NCC(C)(C)C(=N)N. The molecule has 0 aromatic rings. The third kappa shape index (κ3) is 3.78. The Bertz CT molecular complexity index is 210. The van der Waals surface area contributed by atoms with Crippen molar-refractivity contribution in [1.29, 1.82) is 5.41 Å². The molecule has 4 N–H and O–H groups in total. The maximum atomic E-state index is 11.1. The van der Waals surface area contributed by atoms with E-state index in [2.05, 4.69) is 5.32 Å². The molecule has 5 nitrogen and oxygen atoms in total. The molecule has 0 saturated heterocycles. The third-order valence-corrected chi connectivity index (χ3v) is 1.82. The molecule has 2 amide bonds. The molecule has 0 aromatic carbocycles. The fourth-order valence-corrected chi connectivity index (χ4v) is 0.550. The topological polar surface area (TPSA) is 82.2 Å². The zero-order valence-corrected chi connectivity index (χ0v) is 8.64. The summed E-state index contributed by atoms with van der Waals surface area (Å²) in [5, 5.41) is 9.93. The Kier molecular flexibility index (Phi) is 3.71. The van der Waals surface area contributed by atoms with Crippen molar-refractivity contribution < 1.29 is 4.79 Å². The maximum Gasteiger partial charge on any atom is 0.316 e. The van der Waals surface area contributed by atoms with E-state index in [1.54, 1.807) is 14.1 Å². The summed E-state index contributed by atoms with van der Waals surface area (Å²) in [6.45, 7) is 4.00. The maximum absolute atomic E-state index is 11.1. The van der Waals surface area contributed by atoms with Gasteiger partial charge in [0.05, 0.1) is 5.84 Å². The molecule has 13 heavy (non-hydrogen) atoms. The summed E-state index contributed by atoms with van der Waals surface area (Å²) in [6, 6.07) is -0.172. The summed E-state index contributed by atoms with van der Waals surface area (Å²) < 4.78 is 0. The van der Waals surface area contributed by atoms with Crippen molar-refractivity contribution in [1.82, 2.24) is 10.2 Å². The second-order valence-corrected chi connectivity index (χ2v) is 3.85. The number of nitrogens with two attached hydrogens (primary N) is 1. The van der Waals surface area contributed by atoms with Gasteiger partial charge in [0.25, 0.3) is 0 Å². The fraction of sp³-hybridized carbons (Fsp3) is 0.750. The average molecular weight is 186 g/mol. The zero-order chi connectivity index (χ0) is 10.6. The Balaban J connectivity index is 4.03. The standard InChI is InChI=1S/C8H18N4O/c1-8(2,6(9)10)5-11-7(13)12(3)4/h5H2,1-4H3,(H3,9,10)(H,11,13). The monoisotopic (exact) mass is 186 g/mol. The lowest BCUT2D eigenvalue weighted by atomic mass is 9.92. The first-order valence-electron chi connectivity index (χ1n) is 4.07. The molecule has 5 heteroatoms. The lowest BCUT2D eigenvalue weighted by Crippen LogP contribution is -2.45. The highest BCUT2D eigenvalue weighted by Gasteiger charge is 2.22. The summed E-state index contributed by atoms with van der Waals surface area (Å²) in [6.07, 6.45) is 0. The summed E-state index contributed by atoms with van der Waals surface area (Å²) in [4.78, 5) is 12.6. The largest absolute Gasteiger partial charge is 0.387 e. The van der Waals surface area contributed by atoms with Crippen molar-refractivity contribution in [3.8, 4) is 0 Å². The van der Waals surface area contributed by atoms with Crippen LogP contribution in [0.3, 0.4) is 0 Å². The molecule has 0 unspecified atom stereocenters. The Morgan fingerprint density at radius 3 is 2.31 bits per heavy atom. The number of nitrogens with zero attached hydrogens (tertiary/aromatic N) is 1. The van der Waals surface area contributed by atoms with E-state index in [-0.39, 0.29) is 11.9 Å². The highest BCUT2D eigenvalue weighted by molar-refractivity contribution is 5.84. The molecule has 0 fully saturated rings. The van der Waals surface area contributed by atoms with Gasteiger partial charge in [0.2, 0.25) is 0 Å². The number of amidine groups is 1. The first-order chi connectivity index (χ1) is 5.77. The second-order valence-electron chi connectivity index (χ2n) is 3.85. The lowest BCUT2D eigenvalue weighted by molar-refractivity contribution is 0.214. The molecule has 0 radical (unpaired) electrons. The quantitative estimate of drug-likeness (QED) is 0.435. The second kappa shape index (κ2) is 4.11. The highest BCUT2D eigenvalue weighted by Crippen LogP contribution is 2.11. The summed E-state index contributed by atoms with van der Waals surface area (Å²) >= 11 is 0. The first kappa shape index (κ1) is 11.7. The van der Waals surface area contributed by atoms with Gasteiger partial charge >= 0.3 is 6.03 Å². The average Bonchev–Trinajstić information content (AvgIpc) is 1.99. The van der Waals surface area contributed by atoms with E-state index in [0.717, 1.165) is 0 Å². The van der Waals surface area contributed by atoms with Crippen molar-refractivity contribution in [2.75, 3.05) is 20.6 Å². The predicted molar refractivity (Wildman–Crippen MR) is 52.8 cm³/mol. The molecule has 0 aromatic heterocycles. The Morgan fingerprint density at radius 1 is 1.54 bits per heavy atom. The van der Waals surface area contributed by atoms with Crippen LogP contribution in [0.15, 0.2) is 0 Å². The van der Waals surface area contributed by atoms with E-state index in [9.17, 15) is 4.79 Å². The Morgan fingerprint density at radius 2 is 2.00 bits per heavy atom. The molecular weight excluding hydrogens is 168 g/mol. The van der Waals surface area contributed by atoms with Gasteiger partial charge in [0.1, 0.15) is 0 Å². The van der Waals surface area contributed by atoms with Gasteiger partial charge in [-0.1, -0.05) is 13.8 Å². The molecule has 0 saturated carbocycles. The predicted octanol–water partition coefficient (Wildman–Crippen LogP) is 0.220. The van der Waals surface area contributed by atoms with Crippen LogP contribution in [0.5, 0.6) is 0 Å². The number of urea groups is 1. The van der Waals surface area contributed by atoms with Crippen molar-refractivity contribution in [2.24, 2.45) is 11.1 Å². The van der Waals surface area contributed by atoms with E-state index in [0.29, 0.717) is 6.54 Å². The van der Waals surface area contributed by atoms with Crippen molar-refractivity contribution in [2.45, 2.75) is 13.8 Å². The van der Waals surface area contributed by atoms with E-state index in [1.165, 1.54) is 4.90 Å². The minimum atomic E-state index is -0.480. The number of hydrogen-bond acceptors (Lipinski definition) is 2. The van der Waals surface area contributed by atoms with Gasteiger partial charge in [0, 0.05) is 26.1 Å². The molecule has 0 atom stereocenters. The van der Waals surface area contributed by atoms with E-state index < -0.39 is 5.41 Å². The Labute approximate surface area is 78.8 Å². The fourth-order valence-electron chi connectivity index (χ4n) is 0.550. The van der Waals surface area contributed by atoms with Gasteiger partial charge in [-0.2, -0.15) is 0 Å². The minimum absolute atomic E-state index is 0.0755. The number of carbonyl (C=O) groups excluding carboxylic acids is 1. The lowest BCUT2D eigenvalue weighted by Gasteiger charge is -2.24. The third-order valence-electron chi connectivity index (χ3n) is 1.82. The van der Waals surface area contributed by atoms with Crippen LogP contribution >= 0.6 is 0 Å². The molecule has 0 spiro atoms. The summed E-state index contributed by atoms with van der Waals surface area (Å²) in [5.41, 5.74) is 4.87. The van der Waals surface area contributed by atoms with E-state index in [4.69, 9.17) is 11.1 Å². The van der Waals surface area contributed by atoms with Gasteiger partial charge in [-0.15, -0.1) is 0 Å². The van der Waals surface area contributed by atoms with Gasteiger partial charge < -0.3 is 16.0 Å². The van der Waals surface area contributed by atoms with Crippen LogP contribution in [0.2, 0.25) is 0 Å². The van der Waals surface area contributed by atoms with Gasteiger partial charge in [0.15, 0.2) is 0 Å². The van der Waals surface area contributed by atoms with Gasteiger partial charge in [-0.05, 0) is 0 Å². The number of amides is 2. The Hall–Kier alpha value is -1.26. The normalized spacial score (nSPS) is 10.8. The summed E-state index contributed by atoms with van der Waals surface area (Å²) in [5.74, 6) is 0.0755. The molecule has 0 bridgehead atoms. The minimum Gasteiger partial charge on any atom is -0.387 e. The van der Waals surface area contributed by atoms with Gasteiger partial charge in [-0.3, -0.25) is 5.41 Å². The van der Waals surface area contributed by atoms with Crippen LogP contribution in [0.4, 0.5) is 4.79 Å². The van der Waals surface area contributed by atoms with Crippen molar-refractivity contribution >= 4 is 11.9 Å². The molecular formula is C8H18N4O.